The summed E-state index contributed by atoms with van der Waals surface area (Å²) in [5, 5.41) is 12.1. The van der Waals surface area contributed by atoms with E-state index in [4.69, 9.17) is 0 Å². The van der Waals surface area contributed by atoms with Crippen molar-refractivity contribution >= 4 is 99.0 Å². The van der Waals surface area contributed by atoms with Crippen LogP contribution in [0.4, 0.5) is 34.1 Å². The smallest absolute Gasteiger partial charge is 0.0542 e. The van der Waals surface area contributed by atoms with Crippen LogP contribution in [0.3, 0.4) is 0 Å². The number of hydrogen-bond acceptors (Lipinski definition) is 2. The first-order valence-corrected chi connectivity index (χ1v) is 23.0. The lowest BCUT2D eigenvalue weighted by molar-refractivity contribution is 1.18. The molecule has 0 saturated carbocycles. The first-order valence-electron chi connectivity index (χ1n) is 23.0. The monoisotopic (exact) mass is 853 g/mol. The highest BCUT2D eigenvalue weighted by Gasteiger charge is 2.21. The van der Waals surface area contributed by atoms with Gasteiger partial charge in [-0.05, 0) is 128 Å². The number of nitrogens with zero attached hydrogens (tertiary/aromatic N) is 3. The molecule has 314 valence electrons. The van der Waals surface area contributed by atoms with Gasteiger partial charge in [-0.2, -0.15) is 0 Å². The fourth-order valence-electron chi connectivity index (χ4n) is 10.4. The van der Waals surface area contributed by atoms with Gasteiger partial charge in [0.1, 0.15) is 0 Å². The lowest BCUT2D eigenvalue weighted by atomic mass is 9.95. The first kappa shape index (κ1) is 38.5. The Balaban J connectivity index is 0.961. The van der Waals surface area contributed by atoms with Crippen molar-refractivity contribution in [2.75, 3.05) is 9.80 Å². The van der Waals surface area contributed by atoms with Crippen LogP contribution in [0.5, 0.6) is 0 Å². The third kappa shape index (κ3) is 6.59. The predicted molar refractivity (Wildman–Crippen MR) is 286 cm³/mol. The number of benzene rings is 12. The van der Waals surface area contributed by atoms with Crippen LogP contribution in [0.1, 0.15) is 0 Å². The minimum atomic E-state index is 1.10. The standard InChI is InChI=1S/C64H43N3/c1-2-21-50(22-3-1)67-62-27-13-12-26-59(62)60-43-54(37-39-64(60)67)66(53-36-30-45-16-5-7-19-49(45)42-53)63-40-38-55(57-24-10-11-25-58(57)63)47-31-33-51(34-32-47)65(52-35-29-44-15-4-6-18-48(44)41-52)61-28-14-20-46-17-8-9-23-56(46)61/h1-43H. The van der Waals surface area contributed by atoms with E-state index in [1.54, 1.807) is 0 Å². The fraction of sp³-hybridized carbons (Fsp3) is 0. The molecule has 13 rings (SSSR count). The molecule has 1 heterocycles. The van der Waals surface area contributed by atoms with Crippen molar-refractivity contribution < 1.29 is 0 Å². The van der Waals surface area contributed by atoms with E-state index in [9.17, 15) is 0 Å². The van der Waals surface area contributed by atoms with Crippen molar-refractivity contribution in [3.05, 3.63) is 261 Å². The summed E-state index contributed by atoms with van der Waals surface area (Å²) >= 11 is 0. The molecule has 67 heavy (non-hydrogen) atoms. The summed E-state index contributed by atoms with van der Waals surface area (Å²) < 4.78 is 2.38. The Bertz CT molecular complexity index is 3990. The van der Waals surface area contributed by atoms with E-state index in [-0.39, 0.29) is 0 Å². The molecule has 0 unspecified atom stereocenters. The van der Waals surface area contributed by atoms with Gasteiger partial charge in [0.2, 0.25) is 0 Å². The molecule has 0 atom stereocenters. The Kier molecular flexibility index (Phi) is 9.17. The highest BCUT2D eigenvalue weighted by Crippen LogP contribution is 2.46. The Morgan fingerprint density at radius 2 is 0.746 bits per heavy atom. The van der Waals surface area contributed by atoms with Crippen LogP contribution in [0.25, 0.3) is 81.7 Å². The van der Waals surface area contributed by atoms with Crippen molar-refractivity contribution in [1.29, 1.82) is 0 Å². The van der Waals surface area contributed by atoms with Crippen molar-refractivity contribution in [2.45, 2.75) is 0 Å². The number of aromatic nitrogens is 1. The van der Waals surface area contributed by atoms with Crippen LogP contribution in [-0.4, -0.2) is 4.57 Å². The molecule has 0 bridgehead atoms. The third-order valence-electron chi connectivity index (χ3n) is 13.5. The predicted octanol–water partition coefficient (Wildman–Crippen LogP) is 18.0. The Morgan fingerprint density at radius 3 is 1.46 bits per heavy atom. The molecule has 0 amide bonds. The Labute approximate surface area is 389 Å². The average Bonchev–Trinajstić information content (AvgIpc) is 3.73. The van der Waals surface area contributed by atoms with Crippen LogP contribution in [0, 0.1) is 0 Å². The van der Waals surface area contributed by atoms with Crippen molar-refractivity contribution in [2.24, 2.45) is 0 Å². The lowest BCUT2D eigenvalue weighted by Crippen LogP contribution is -2.11. The molecular weight excluding hydrogens is 811 g/mol. The summed E-state index contributed by atoms with van der Waals surface area (Å²) in [7, 11) is 0. The van der Waals surface area contributed by atoms with Crippen LogP contribution >= 0.6 is 0 Å². The summed E-state index contributed by atoms with van der Waals surface area (Å²) in [6.07, 6.45) is 0. The normalized spacial score (nSPS) is 11.6. The van der Waals surface area contributed by atoms with Gasteiger partial charge in [-0.3, -0.25) is 0 Å². The summed E-state index contributed by atoms with van der Waals surface area (Å²) in [6.45, 7) is 0. The maximum atomic E-state index is 2.45. The van der Waals surface area contributed by atoms with Crippen molar-refractivity contribution in [3.8, 4) is 16.8 Å². The number of rotatable bonds is 8. The topological polar surface area (TPSA) is 11.4 Å². The molecule has 1 aromatic heterocycles. The number of para-hydroxylation sites is 2. The molecule has 0 spiro atoms. The molecule has 3 nitrogen and oxygen atoms in total. The molecule has 0 saturated heterocycles. The van der Waals surface area contributed by atoms with Crippen LogP contribution in [-0.2, 0) is 0 Å². The molecule has 3 heteroatoms. The second kappa shape index (κ2) is 16.0. The van der Waals surface area contributed by atoms with Gasteiger partial charge in [0.25, 0.3) is 0 Å². The SMILES string of the molecule is c1ccc(-n2c3ccccc3c3cc(N(c4ccc5ccccc5c4)c4ccc(-c5ccc(N(c6ccc7ccccc7c6)c6cccc7ccccc67)cc5)c5ccccc45)ccc32)cc1. The summed E-state index contributed by atoms with van der Waals surface area (Å²) in [6, 6.07) is 95.1. The third-order valence-corrected chi connectivity index (χ3v) is 13.5. The Morgan fingerprint density at radius 1 is 0.254 bits per heavy atom. The average molecular weight is 854 g/mol. The van der Waals surface area contributed by atoms with Gasteiger partial charge in [0.15, 0.2) is 0 Å². The lowest BCUT2D eigenvalue weighted by Gasteiger charge is -2.28. The Hall–Kier alpha value is -8.92. The molecule has 0 fully saturated rings. The fourth-order valence-corrected chi connectivity index (χ4v) is 10.4. The molecule has 0 N–H and O–H groups in total. The van der Waals surface area contributed by atoms with Gasteiger partial charge >= 0.3 is 0 Å². The van der Waals surface area contributed by atoms with Crippen LogP contribution < -0.4 is 9.80 Å². The van der Waals surface area contributed by atoms with Crippen LogP contribution in [0.15, 0.2) is 261 Å². The molecule has 0 aliphatic carbocycles. The summed E-state index contributed by atoms with van der Waals surface area (Å²) in [5.41, 5.74) is 12.6. The maximum Gasteiger partial charge on any atom is 0.0542 e. The van der Waals surface area contributed by atoms with Gasteiger partial charge in [-0.15, -0.1) is 0 Å². The largest absolute Gasteiger partial charge is 0.310 e. The van der Waals surface area contributed by atoms with E-state index in [2.05, 4.69) is 275 Å². The highest BCUT2D eigenvalue weighted by atomic mass is 15.2. The minimum Gasteiger partial charge on any atom is -0.310 e. The molecule has 0 aliphatic heterocycles. The van der Waals surface area contributed by atoms with Crippen LogP contribution in [0.2, 0.25) is 0 Å². The first-order chi connectivity index (χ1) is 33.2. The van der Waals surface area contributed by atoms with E-state index in [0.717, 1.165) is 45.4 Å². The van der Waals surface area contributed by atoms with Gasteiger partial charge in [0, 0.05) is 50.0 Å². The second-order valence-electron chi connectivity index (χ2n) is 17.3. The van der Waals surface area contributed by atoms with Crippen molar-refractivity contribution in [1.82, 2.24) is 4.57 Å². The van der Waals surface area contributed by atoms with Gasteiger partial charge < -0.3 is 14.4 Å². The van der Waals surface area contributed by atoms with E-state index >= 15 is 0 Å². The zero-order chi connectivity index (χ0) is 44.3. The van der Waals surface area contributed by atoms with E-state index in [1.807, 2.05) is 0 Å². The minimum absolute atomic E-state index is 1.10. The summed E-state index contributed by atoms with van der Waals surface area (Å²) in [5.74, 6) is 0. The zero-order valence-corrected chi connectivity index (χ0v) is 36.7. The van der Waals surface area contributed by atoms with Gasteiger partial charge in [0.05, 0.1) is 22.4 Å². The van der Waals surface area contributed by atoms with Crippen molar-refractivity contribution in [3.63, 3.8) is 0 Å². The van der Waals surface area contributed by atoms with Gasteiger partial charge in [-0.1, -0.05) is 176 Å². The van der Waals surface area contributed by atoms with E-state index in [1.165, 1.54) is 70.5 Å². The zero-order valence-electron chi connectivity index (χ0n) is 36.7. The van der Waals surface area contributed by atoms with Gasteiger partial charge in [-0.25, -0.2) is 0 Å². The molecule has 0 radical (unpaired) electrons. The molecule has 12 aromatic carbocycles. The number of fused-ring (bicyclic) bond motifs is 7. The quantitative estimate of drug-likeness (QED) is 0.151. The molecular formula is C64H43N3. The molecule has 0 aliphatic rings. The number of anilines is 6. The number of hydrogen-bond donors (Lipinski definition) is 0. The molecule has 13 aromatic rings. The van der Waals surface area contributed by atoms with E-state index < -0.39 is 0 Å². The second-order valence-corrected chi connectivity index (χ2v) is 17.3. The maximum absolute atomic E-state index is 2.45. The highest BCUT2D eigenvalue weighted by molar-refractivity contribution is 6.12. The van der Waals surface area contributed by atoms with E-state index in [0.29, 0.717) is 0 Å². The summed E-state index contributed by atoms with van der Waals surface area (Å²) in [4.78, 5) is 4.84.